The molecule has 4 nitrogen and oxygen atoms in total. The van der Waals surface area contributed by atoms with E-state index >= 15 is 0 Å². The van der Waals surface area contributed by atoms with Crippen LogP contribution >= 0.6 is 0 Å². The number of nitrogens with zero attached hydrogens (tertiary/aromatic N) is 3. The second-order valence-electron chi connectivity index (χ2n) is 6.22. The van der Waals surface area contributed by atoms with E-state index in [2.05, 4.69) is 28.8 Å². The van der Waals surface area contributed by atoms with Crippen LogP contribution in [-0.2, 0) is 0 Å². The summed E-state index contributed by atoms with van der Waals surface area (Å²) < 4.78 is 0. The molecule has 0 spiro atoms. The molecule has 1 atom stereocenters. The minimum atomic E-state index is 0.789. The van der Waals surface area contributed by atoms with Gasteiger partial charge in [-0.15, -0.1) is 0 Å². The van der Waals surface area contributed by atoms with E-state index in [4.69, 9.17) is 5.73 Å². The number of likely N-dealkylation sites (N-methyl/N-ethyl adjacent to an activating group) is 2. The van der Waals surface area contributed by atoms with Crippen LogP contribution in [0.2, 0.25) is 0 Å². The number of piperidine rings is 1. The third-order valence-corrected chi connectivity index (χ3v) is 4.69. The highest BCUT2D eigenvalue weighted by atomic mass is 15.2. The molecule has 2 N–H and O–H groups in total. The predicted octanol–water partition coefficient (Wildman–Crippen LogP) is 0.293. The zero-order valence-electron chi connectivity index (χ0n) is 12.1. The molecule has 106 valence electrons. The van der Waals surface area contributed by atoms with E-state index in [1.165, 1.54) is 52.0 Å². The van der Waals surface area contributed by atoms with Gasteiger partial charge in [-0.25, -0.2) is 0 Å². The first-order valence-corrected chi connectivity index (χ1v) is 7.50. The van der Waals surface area contributed by atoms with Gasteiger partial charge in [0.25, 0.3) is 0 Å². The Morgan fingerprint density at radius 3 is 2.44 bits per heavy atom. The molecule has 0 bridgehead atoms. The van der Waals surface area contributed by atoms with Crippen molar-refractivity contribution in [1.29, 1.82) is 0 Å². The van der Waals surface area contributed by atoms with Crippen molar-refractivity contribution in [1.82, 2.24) is 14.7 Å². The average Bonchev–Trinajstić information content (AvgIpc) is 2.79. The van der Waals surface area contributed by atoms with Gasteiger partial charge in [-0.2, -0.15) is 0 Å². The molecule has 0 aromatic rings. The van der Waals surface area contributed by atoms with Gasteiger partial charge in [0.05, 0.1) is 0 Å². The average molecular weight is 254 g/mol. The Hall–Kier alpha value is -0.160. The molecule has 2 aliphatic rings. The van der Waals surface area contributed by atoms with E-state index in [-0.39, 0.29) is 0 Å². The Labute approximate surface area is 112 Å². The smallest absolute Gasteiger partial charge is 0.0232 e. The molecule has 18 heavy (non-hydrogen) atoms. The van der Waals surface area contributed by atoms with Gasteiger partial charge in [-0.3, -0.25) is 0 Å². The molecule has 2 aliphatic heterocycles. The first-order valence-electron chi connectivity index (χ1n) is 7.50. The fourth-order valence-electron chi connectivity index (χ4n) is 3.40. The van der Waals surface area contributed by atoms with Gasteiger partial charge in [0, 0.05) is 32.2 Å². The lowest BCUT2D eigenvalue weighted by atomic mass is 9.95. The Kier molecular flexibility index (Phi) is 5.42. The summed E-state index contributed by atoms with van der Waals surface area (Å²) in [5.74, 6) is 0.898. The number of nitrogens with two attached hydrogens (primary N) is 1. The molecule has 2 heterocycles. The van der Waals surface area contributed by atoms with Gasteiger partial charge in [0.1, 0.15) is 0 Å². The van der Waals surface area contributed by atoms with Gasteiger partial charge in [0.15, 0.2) is 0 Å². The van der Waals surface area contributed by atoms with Crippen molar-refractivity contribution in [2.24, 2.45) is 11.7 Å². The summed E-state index contributed by atoms with van der Waals surface area (Å²) in [5, 5.41) is 0. The zero-order valence-corrected chi connectivity index (χ0v) is 12.1. The highest BCUT2D eigenvalue weighted by Gasteiger charge is 2.26. The van der Waals surface area contributed by atoms with E-state index in [1.54, 1.807) is 0 Å². The summed E-state index contributed by atoms with van der Waals surface area (Å²) >= 11 is 0. The molecule has 1 unspecified atom stereocenters. The Bertz CT molecular complexity index is 238. The van der Waals surface area contributed by atoms with Crippen molar-refractivity contribution >= 4 is 0 Å². The normalized spacial score (nSPS) is 28.3. The molecular formula is C14H30N4. The fraction of sp³-hybridized carbons (Fsp3) is 1.00. The Morgan fingerprint density at radius 1 is 1.17 bits per heavy atom. The van der Waals surface area contributed by atoms with E-state index in [0.717, 1.165) is 25.0 Å². The molecular weight excluding hydrogens is 224 g/mol. The van der Waals surface area contributed by atoms with Crippen LogP contribution in [0.1, 0.15) is 19.3 Å². The third kappa shape index (κ3) is 3.92. The number of hydrogen-bond acceptors (Lipinski definition) is 4. The largest absolute Gasteiger partial charge is 0.329 e. The Balaban J connectivity index is 1.68. The third-order valence-electron chi connectivity index (χ3n) is 4.69. The van der Waals surface area contributed by atoms with Crippen LogP contribution < -0.4 is 5.73 Å². The van der Waals surface area contributed by atoms with Gasteiger partial charge in [-0.05, 0) is 58.9 Å². The van der Waals surface area contributed by atoms with E-state index in [0.29, 0.717) is 0 Å². The zero-order chi connectivity index (χ0) is 13.0. The molecule has 2 rings (SSSR count). The van der Waals surface area contributed by atoms with Crippen LogP contribution in [0.25, 0.3) is 0 Å². The second kappa shape index (κ2) is 6.85. The van der Waals surface area contributed by atoms with Crippen molar-refractivity contribution < 1.29 is 0 Å². The van der Waals surface area contributed by atoms with Crippen molar-refractivity contribution in [3.63, 3.8) is 0 Å². The minimum absolute atomic E-state index is 0.789. The second-order valence-corrected chi connectivity index (χ2v) is 6.22. The highest BCUT2D eigenvalue weighted by Crippen LogP contribution is 2.20. The number of rotatable bonds is 5. The van der Waals surface area contributed by atoms with Crippen LogP contribution in [-0.4, -0.2) is 80.7 Å². The van der Waals surface area contributed by atoms with Crippen LogP contribution in [0, 0.1) is 5.92 Å². The molecule has 0 saturated carbocycles. The van der Waals surface area contributed by atoms with Crippen LogP contribution in [0.15, 0.2) is 0 Å². The van der Waals surface area contributed by atoms with Crippen LogP contribution in [0.5, 0.6) is 0 Å². The predicted molar refractivity (Wildman–Crippen MR) is 76.8 cm³/mol. The summed E-state index contributed by atoms with van der Waals surface area (Å²) in [7, 11) is 4.55. The molecule has 2 saturated heterocycles. The summed E-state index contributed by atoms with van der Waals surface area (Å²) in [4.78, 5) is 7.57. The van der Waals surface area contributed by atoms with Crippen LogP contribution in [0.3, 0.4) is 0 Å². The summed E-state index contributed by atoms with van der Waals surface area (Å²) in [6.45, 7) is 8.19. The highest BCUT2D eigenvalue weighted by molar-refractivity contribution is 4.82. The number of hydrogen-bond donors (Lipinski definition) is 1. The van der Waals surface area contributed by atoms with Crippen molar-refractivity contribution in [2.45, 2.75) is 25.3 Å². The molecule has 0 aliphatic carbocycles. The maximum atomic E-state index is 5.62. The van der Waals surface area contributed by atoms with Gasteiger partial charge in [-0.1, -0.05) is 0 Å². The van der Waals surface area contributed by atoms with Gasteiger partial charge < -0.3 is 20.4 Å². The standard InChI is InChI=1S/C14H30N4/c1-16-7-5-14(12-16)17(2)11-13-3-8-18(9-4-13)10-6-15/h13-14H,3-12,15H2,1-2H3. The summed E-state index contributed by atoms with van der Waals surface area (Å²) in [6.07, 6.45) is 4.05. The molecule has 0 aromatic heterocycles. The lowest BCUT2D eigenvalue weighted by Gasteiger charge is -2.35. The molecule has 0 aromatic carbocycles. The number of likely N-dealkylation sites (tertiary alicyclic amines) is 2. The Morgan fingerprint density at radius 2 is 1.89 bits per heavy atom. The van der Waals surface area contributed by atoms with E-state index in [9.17, 15) is 0 Å². The van der Waals surface area contributed by atoms with Crippen molar-refractivity contribution in [3.8, 4) is 0 Å². The lowest BCUT2D eigenvalue weighted by Crippen LogP contribution is -2.42. The molecule has 0 amide bonds. The quantitative estimate of drug-likeness (QED) is 0.765. The monoisotopic (exact) mass is 254 g/mol. The van der Waals surface area contributed by atoms with E-state index in [1.807, 2.05) is 0 Å². The topological polar surface area (TPSA) is 35.7 Å². The SMILES string of the molecule is CN1CCC(N(C)CC2CCN(CCN)CC2)C1. The molecule has 2 fully saturated rings. The molecule has 4 heteroatoms. The minimum Gasteiger partial charge on any atom is -0.329 e. The maximum absolute atomic E-state index is 5.62. The fourth-order valence-corrected chi connectivity index (χ4v) is 3.40. The summed E-state index contributed by atoms with van der Waals surface area (Å²) in [6, 6.07) is 0.789. The molecule has 0 radical (unpaired) electrons. The maximum Gasteiger partial charge on any atom is 0.0232 e. The lowest BCUT2D eigenvalue weighted by molar-refractivity contribution is 0.138. The van der Waals surface area contributed by atoms with Crippen LogP contribution in [0.4, 0.5) is 0 Å². The van der Waals surface area contributed by atoms with Gasteiger partial charge >= 0.3 is 0 Å². The summed E-state index contributed by atoms with van der Waals surface area (Å²) in [5.41, 5.74) is 5.62. The first-order chi connectivity index (χ1) is 8.69. The first kappa shape index (κ1) is 14.3. The van der Waals surface area contributed by atoms with Crippen molar-refractivity contribution in [3.05, 3.63) is 0 Å². The van der Waals surface area contributed by atoms with Crippen molar-refractivity contribution in [2.75, 3.05) is 59.9 Å². The van der Waals surface area contributed by atoms with Gasteiger partial charge in [0.2, 0.25) is 0 Å². The van der Waals surface area contributed by atoms with E-state index < -0.39 is 0 Å².